The fourth-order valence-electron chi connectivity index (χ4n) is 6.63. The second-order valence-electron chi connectivity index (χ2n) is 10.7. The topological polar surface area (TPSA) is 26.0 Å². The van der Waals surface area contributed by atoms with Crippen LogP contribution < -0.4 is 0 Å². The first kappa shape index (κ1) is 22.4. The van der Waals surface area contributed by atoms with Gasteiger partial charge in [-0.3, -0.25) is 0 Å². The number of nitrogens with zero attached hydrogens (tertiary/aromatic N) is 1. The lowest BCUT2D eigenvalue weighted by Gasteiger charge is -2.14. The quantitative estimate of drug-likeness (QED) is 0.211. The van der Waals surface area contributed by atoms with Gasteiger partial charge in [-0.1, -0.05) is 121 Å². The van der Waals surface area contributed by atoms with Crippen molar-refractivity contribution in [1.82, 2.24) is 4.98 Å². The van der Waals surface area contributed by atoms with Gasteiger partial charge in [0.2, 0.25) is 0 Å². The van der Waals surface area contributed by atoms with Gasteiger partial charge in [-0.05, 0) is 50.7 Å². The van der Waals surface area contributed by atoms with Crippen molar-refractivity contribution in [2.24, 2.45) is 0 Å². The zero-order valence-electron chi connectivity index (χ0n) is 22.1. The molecule has 0 bridgehead atoms. The van der Waals surface area contributed by atoms with Gasteiger partial charge in [-0.2, -0.15) is 0 Å². The van der Waals surface area contributed by atoms with Crippen LogP contribution in [0.2, 0.25) is 0 Å². The third-order valence-corrected chi connectivity index (χ3v) is 8.48. The molecule has 2 aromatic heterocycles. The molecule has 0 N–H and O–H groups in total. The number of fused-ring (bicyclic) bond motifs is 10. The second-order valence-corrected chi connectivity index (χ2v) is 10.7. The molecule has 190 valence electrons. The molecule has 2 nitrogen and oxygen atoms in total. The van der Waals surface area contributed by atoms with Crippen molar-refractivity contribution < 1.29 is 4.42 Å². The highest BCUT2D eigenvalue weighted by Gasteiger charge is 2.17. The van der Waals surface area contributed by atoms with E-state index < -0.39 is 0 Å². The molecule has 9 aromatic rings. The van der Waals surface area contributed by atoms with Gasteiger partial charge in [0.25, 0.3) is 0 Å². The number of hydrogen-bond acceptors (Lipinski definition) is 2. The average Bonchev–Trinajstić information content (AvgIpc) is 3.43. The summed E-state index contributed by atoms with van der Waals surface area (Å²) in [5, 5.41) is 10.7. The van der Waals surface area contributed by atoms with Gasteiger partial charge in [0.05, 0.1) is 11.2 Å². The Hall–Kier alpha value is -5.47. The molecule has 9 rings (SSSR count). The number of benzene rings is 7. The molecule has 0 radical (unpaired) electrons. The maximum Gasteiger partial charge on any atom is 0.143 e. The highest BCUT2D eigenvalue weighted by Crippen LogP contribution is 2.41. The van der Waals surface area contributed by atoms with Gasteiger partial charge in [0.1, 0.15) is 11.2 Å². The Morgan fingerprint density at radius 3 is 1.63 bits per heavy atom. The summed E-state index contributed by atoms with van der Waals surface area (Å²) >= 11 is 0. The molecular weight excluding hydrogens is 498 g/mol. The van der Waals surface area contributed by atoms with Gasteiger partial charge in [0, 0.05) is 32.7 Å². The summed E-state index contributed by atoms with van der Waals surface area (Å²) in [4.78, 5) is 5.34. The maximum absolute atomic E-state index is 6.41. The fourth-order valence-corrected chi connectivity index (χ4v) is 6.63. The maximum atomic E-state index is 6.41. The monoisotopic (exact) mass is 521 g/mol. The second kappa shape index (κ2) is 8.51. The normalized spacial score (nSPS) is 11.9. The molecule has 0 unspecified atom stereocenters. The van der Waals surface area contributed by atoms with Gasteiger partial charge in [0.15, 0.2) is 0 Å². The Morgan fingerprint density at radius 1 is 0.341 bits per heavy atom. The number of aromatic nitrogens is 1. The molecule has 0 atom stereocenters. The summed E-state index contributed by atoms with van der Waals surface area (Å²) in [7, 11) is 0. The highest BCUT2D eigenvalue weighted by molar-refractivity contribution is 6.24. The lowest BCUT2D eigenvalue weighted by atomic mass is 9.92. The first-order valence-corrected chi connectivity index (χ1v) is 14.0. The summed E-state index contributed by atoms with van der Waals surface area (Å²) in [6, 6.07) is 49.4. The van der Waals surface area contributed by atoms with E-state index in [0.717, 1.165) is 49.8 Å². The van der Waals surface area contributed by atoms with Gasteiger partial charge in [-0.25, -0.2) is 4.98 Å². The minimum Gasteiger partial charge on any atom is -0.455 e. The minimum atomic E-state index is 0.913. The lowest BCUT2D eigenvalue weighted by molar-refractivity contribution is 0.670. The summed E-state index contributed by atoms with van der Waals surface area (Å²) < 4.78 is 6.41. The standard InChI is InChI=1S/C39H23NO/c1-3-12-26-24(10-1)29(34-17-9-18-35-31-15-7-8-19-37(31)41-39(34)35)20-21-30(26)36-23-22-33-28-14-4-2-11-25(28)27-13-5-6-16-32(27)38(33)40-36/h1-23H. The van der Waals surface area contributed by atoms with E-state index in [9.17, 15) is 0 Å². The van der Waals surface area contributed by atoms with Crippen LogP contribution in [0.25, 0.3) is 87.5 Å². The van der Waals surface area contributed by atoms with Crippen molar-refractivity contribution in [3.63, 3.8) is 0 Å². The van der Waals surface area contributed by atoms with E-state index in [-0.39, 0.29) is 0 Å². The van der Waals surface area contributed by atoms with E-state index in [1.807, 2.05) is 12.1 Å². The van der Waals surface area contributed by atoms with Crippen molar-refractivity contribution in [3.05, 3.63) is 140 Å². The van der Waals surface area contributed by atoms with Crippen LogP contribution in [-0.4, -0.2) is 4.98 Å². The molecule has 0 aliphatic carbocycles. The Morgan fingerprint density at radius 2 is 0.878 bits per heavy atom. The number of hydrogen-bond donors (Lipinski definition) is 0. The van der Waals surface area contributed by atoms with Crippen LogP contribution >= 0.6 is 0 Å². The van der Waals surface area contributed by atoms with Gasteiger partial charge >= 0.3 is 0 Å². The Bertz CT molecular complexity index is 2450. The molecule has 0 fully saturated rings. The van der Waals surface area contributed by atoms with Gasteiger partial charge in [-0.15, -0.1) is 0 Å². The van der Waals surface area contributed by atoms with Crippen LogP contribution in [-0.2, 0) is 0 Å². The van der Waals surface area contributed by atoms with E-state index in [1.165, 1.54) is 37.7 Å². The summed E-state index contributed by atoms with van der Waals surface area (Å²) in [5.41, 5.74) is 7.24. The van der Waals surface area contributed by atoms with Crippen LogP contribution in [0.15, 0.2) is 144 Å². The van der Waals surface area contributed by atoms with E-state index >= 15 is 0 Å². The predicted molar refractivity (Wildman–Crippen MR) is 172 cm³/mol. The zero-order valence-corrected chi connectivity index (χ0v) is 22.1. The SMILES string of the molecule is c1ccc2c(c1)oc1c(-c3ccc(-c4ccc5c6ccccc6c6ccccc6c5n4)c4ccccc34)cccc12. The molecule has 2 heterocycles. The zero-order chi connectivity index (χ0) is 26.9. The number of rotatable bonds is 2. The van der Waals surface area contributed by atoms with Crippen LogP contribution in [0.3, 0.4) is 0 Å². The van der Waals surface area contributed by atoms with Crippen molar-refractivity contribution in [2.45, 2.75) is 0 Å². The smallest absolute Gasteiger partial charge is 0.143 e. The van der Waals surface area contributed by atoms with E-state index in [1.54, 1.807) is 0 Å². The number of pyridine rings is 1. The van der Waals surface area contributed by atoms with Crippen molar-refractivity contribution in [1.29, 1.82) is 0 Å². The largest absolute Gasteiger partial charge is 0.455 e. The number of furan rings is 1. The molecule has 0 aliphatic heterocycles. The summed E-state index contributed by atoms with van der Waals surface area (Å²) in [6.45, 7) is 0. The number of para-hydroxylation sites is 2. The lowest BCUT2D eigenvalue weighted by Crippen LogP contribution is -1.91. The Kier molecular flexibility index (Phi) is 4.64. The van der Waals surface area contributed by atoms with Crippen molar-refractivity contribution in [2.75, 3.05) is 0 Å². The van der Waals surface area contributed by atoms with E-state index in [0.29, 0.717) is 0 Å². The first-order chi connectivity index (χ1) is 20.3. The summed E-state index contributed by atoms with van der Waals surface area (Å²) in [5.74, 6) is 0. The molecule has 0 spiro atoms. The predicted octanol–water partition coefficient (Wildman–Crippen LogP) is 10.9. The Labute approximate surface area is 236 Å². The Balaban J connectivity index is 1.31. The molecule has 0 saturated carbocycles. The van der Waals surface area contributed by atoms with Crippen LogP contribution in [0, 0.1) is 0 Å². The molecule has 41 heavy (non-hydrogen) atoms. The highest BCUT2D eigenvalue weighted by atomic mass is 16.3. The van der Waals surface area contributed by atoms with Crippen molar-refractivity contribution in [3.8, 4) is 22.4 Å². The van der Waals surface area contributed by atoms with Gasteiger partial charge < -0.3 is 4.42 Å². The third-order valence-electron chi connectivity index (χ3n) is 8.48. The van der Waals surface area contributed by atoms with E-state index in [2.05, 4.69) is 127 Å². The van der Waals surface area contributed by atoms with E-state index in [4.69, 9.17) is 9.40 Å². The molecule has 0 saturated heterocycles. The molecule has 0 amide bonds. The average molecular weight is 522 g/mol. The molecule has 7 aromatic carbocycles. The minimum absolute atomic E-state index is 0.913. The van der Waals surface area contributed by atoms with Crippen LogP contribution in [0.1, 0.15) is 0 Å². The fraction of sp³-hybridized carbons (Fsp3) is 0. The molecule has 2 heteroatoms. The summed E-state index contributed by atoms with van der Waals surface area (Å²) in [6.07, 6.45) is 0. The van der Waals surface area contributed by atoms with Crippen molar-refractivity contribution >= 4 is 65.2 Å². The molecule has 0 aliphatic rings. The first-order valence-electron chi connectivity index (χ1n) is 14.0. The van der Waals surface area contributed by atoms with Crippen LogP contribution in [0.4, 0.5) is 0 Å². The molecular formula is C39H23NO. The third kappa shape index (κ3) is 3.22. The van der Waals surface area contributed by atoms with Crippen LogP contribution in [0.5, 0.6) is 0 Å².